The fourth-order valence-electron chi connectivity index (χ4n) is 6.81. The van der Waals surface area contributed by atoms with Gasteiger partial charge >= 0.3 is 0 Å². The molecule has 1 aromatic heterocycles. The van der Waals surface area contributed by atoms with Gasteiger partial charge in [-0.1, -0.05) is 43.2 Å². The maximum Gasteiger partial charge on any atom is 0.161 e. The van der Waals surface area contributed by atoms with Gasteiger partial charge in [-0.2, -0.15) is 0 Å². The van der Waals surface area contributed by atoms with E-state index in [2.05, 4.69) is 33.4 Å². The Morgan fingerprint density at radius 3 is 2.67 bits per heavy atom. The van der Waals surface area contributed by atoms with Crippen LogP contribution in [0.25, 0.3) is 21.8 Å². The molecule has 9 nitrogen and oxygen atoms in total. The number of hydrogen-bond acceptors (Lipinski definition) is 8. The summed E-state index contributed by atoms with van der Waals surface area (Å²) in [5.41, 5.74) is 3.23. The van der Waals surface area contributed by atoms with Gasteiger partial charge in [0, 0.05) is 48.5 Å². The monoisotopic (exact) mass is 617 g/mol. The molecular weight excluding hydrogens is 570 g/mol. The highest BCUT2D eigenvalue weighted by atomic mass is 16.5. The zero-order valence-electron chi connectivity index (χ0n) is 26.2. The van der Waals surface area contributed by atoms with Gasteiger partial charge in [0.2, 0.25) is 0 Å². The molecule has 9 heteroatoms. The van der Waals surface area contributed by atoms with Crippen molar-refractivity contribution in [3.63, 3.8) is 0 Å². The van der Waals surface area contributed by atoms with Crippen molar-refractivity contribution in [2.45, 2.75) is 62.9 Å². The predicted molar refractivity (Wildman–Crippen MR) is 177 cm³/mol. The van der Waals surface area contributed by atoms with Crippen molar-refractivity contribution in [2.24, 2.45) is 0 Å². The average Bonchev–Trinajstić information content (AvgIpc) is 3.68. The average molecular weight is 618 g/mol. The van der Waals surface area contributed by atoms with E-state index in [1.165, 1.54) is 12.8 Å². The lowest BCUT2D eigenvalue weighted by atomic mass is 9.91. The Balaban J connectivity index is 0.910. The number of aliphatic hydroxyl groups excluding tert-OH is 2. The van der Waals surface area contributed by atoms with Crippen molar-refractivity contribution in [3.05, 3.63) is 66.2 Å². The predicted octanol–water partition coefficient (Wildman–Crippen LogP) is 4.67. The first kappa shape index (κ1) is 31.6. The van der Waals surface area contributed by atoms with E-state index in [1.54, 1.807) is 7.11 Å². The molecule has 0 bridgehead atoms. The largest absolute Gasteiger partial charge is 0.493 e. The van der Waals surface area contributed by atoms with Crippen LogP contribution in [0, 0.1) is 0 Å². The van der Waals surface area contributed by atoms with Gasteiger partial charge in [0.05, 0.1) is 31.4 Å². The second-order valence-electron chi connectivity index (χ2n) is 12.3. The lowest BCUT2D eigenvalue weighted by Gasteiger charge is -2.37. The van der Waals surface area contributed by atoms with E-state index in [4.69, 9.17) is 18.9 Å². The minimum Gasteiger partial charge on any atom is -0.493 e. The summed E-state index contributed by atoms with van der Waals surface area (Å²) < 4.78 is 24.0. The highest BCUT2D eigenvalue weighted by Crippen LogP contribution is 2.33. The Morgan fingerprint density at radius 1 is 0.933 bits per heavy atom. The molecule has 4 atom stereocenters. The SMILES string of the molecule is COc1cc(CCO[C@H]2CCCC[C@@H]2N2CCC(O)C2)ccc1OCCNC[C@H](O)COc1cccc2[nH]c3ccccc3c12. The van der Waals surface area contributed by atoms with Crippen molar-refractivity contribution >= 4 is 21.8 Å². The normalized spacial score (nSPS) is 21.4. The number of H-pyrrole nitrogens is 1. The van der Waals surface area contributed by atoms with Crippen LogP contribution in [-0.4, -0.2) is 97.6 Å². The molecule has 2 aliphatic rings. The van der Waals surface area contributed by atoms with Crippen molar-refractivity contribution in [1.82, 2.24) is 15.2 Å². The number of aromatic nitrogens is 1. The molecule has 1 saturated carbocycles. The number of nitrogens with zero attached hydrogens (tertiary/aromatic N) is 1. The number of nitrogens with one attached hydrogen (secondary N) is 2. The zero-order valence-corrected chi connectivity index (χ0v) is 26.2. The molecule has 2 heterocycles. The van der Waals surface area contributed by atoms with Crippen LogP contribution in [0.5, 0.6) is 17.2 Å². The van der Waals surface area contributed by atoms with Crippen molar-refractivity contribution in [2.75, 3.05) is 53.1 Å². The third kappa shape index (κ3) is 7.91. The molecule has 1 aliphatic carbocycles. The fraction of sp³-hybridized carbons (Fsp3) is 0.500. The van der Waals surface area contributed by atoms with E-state index in [1.807, 2.05) is 42.5 Å². The molecule has 4 aromatic rings. The second-order valence-corrected chi connectivity index (χ2v) is 12.3. The van der Waals surface area contributed by atoms with Gasteiger partial charge in [0.1, 0.15) is 25.1 Å². The molecule has 45 heavy (non-hydrogen) atoms. The molecule has 4 N–H and O–H groups in total. The summed E-state index contributed by atoms with van der Waals surface area (Å²) in [5, 5.41) is 25.9. The number of para-hydroxylation sites is 1. The maximum absolute atomic E-state index is 10.5. The number of fused-ring (bicyclic) bond motifs is 3. The van der Waals surface area contributed by atoms with E-state index < -0.39 is 6.10 Å². The maximum atomic E-state index is 10.5. The molecular formula is C36H47N3O6. The standard InChI is InChI=1S/C36H47N3O6/c1-42-35-21-25(16-19-43-32-11-5-4-10-31(32)39-18-15-26(40)23-39)13-14-33(35)44-20-17-37-22-27(41)24-45-34-12-6-9-30-36(34)28-7-2-3-8-29(28)38-30/h2-3,6-9,12-14,21,26-27,31-32,37-38,40-41H,4-5,10-11,15-20,22-24H2,1H3/t26?,27-,31-,32-/m0/s1. The molecule has 2 fully saturated rings. The molecule has 1 unspecified atom stereocenters. The molecule has 3 aromatic carbocycles. The molecule has 0 spiro atoms. The van der Waals surface area contributed by atoms with Crippen LogP contribution in [0.3, 0.4) is 0 Å². The highest BCUT2D eigenvalue weighted by molar-refractivity contribution is 6.10. The number of rotatable bonds is 15. The fourth-order valence-corrected chi connectivity index (χ4v) is 6.81. The molecule has 1 aliphatic heterocycles. The number of aromatic amines is 1. The number of aliphatic hydroxyl groups is 2. The third-order valence-electron chi connectivity index (χ3n) is 9.12. The summed E-state index contributed by atoms with van der Waals surface area (Å²) in [7, 11) is 1.66. The van der Waals surface area contributed by atoms with E-state index in [9.17, 15) is 10.2 Å². The number of benzene rings is 3. The minimum atomic E-state index is -0.660. The van der Waals surface area contributed by atoms with Crippen LogP contribution in [0.2, 0.25) is 0 Å². The van der Waals surface area contributed by atoms with E-state index in [0.29, 0.717) is 43.8 Å². The molecule has 1 saturated heterocycles. The summed E-state index contributed by atoms with van der Waals surface area (Å²) in [6.45, 7) is 4.00. The first-order valence-electron chi connectivity index (χ1n) is 16.4. The Morgan fingerprint density at radius 2 is 1.80 bits per heavy atom. The number of β-amino-alcohol motifs (C(OH)–C–C–N with tert-alkyl or cyclic N) is 1. The Labute approximate surface area is 265 Å². The summed E-state index contributed by atoms with van der Waals surface area (Å²) in [6.07, 6.45) is 5.75. The highest BCUT2D eigenvalue weighted by Gasteiger charge is 2.34. The van der Waals surface area contributed by atoms with Crippen molar-refractivity contribution in [1.29, 1.82) is 0 Å². The molecule has 242 valence electrons. The van der Waals surface area contributed by atoms with Gasteiger partial charge in [0.25, 0.3) is 0 Å². The summed E-state index contributed by atoms with van der Waals surface area (Å²) >= 11 is 0. The second kappa shape index (κ2) is 15.3. The quantitative estimate of drug-likeness (QED) is 0.143. The summed E-state index contributed by atoms with van der Waals surface area (Å²) in [6, 6.07) is 20.6. The Hall–Kier alpha value is -3.34. The first-order valence-corrected chi connectivity index (χ1v) is 16.4. The van der Waals surface area contributed by atoms with Crippen molar-refractivity contribution < 1.29 is 29.2 Å². The Bertz CT molecular complexity index is 1530. The number of methoxy groups -OCH3 is 1. The summed E-state index contributed by atoms with van der Waals surface area (Å²) in [5.74, 6) is 2.16. The lowest BCUT2D eigenvalue weighted by Crippen LogP contribution is -2.46. The Kier molecular flexibility index (Phi) is 10.8. The molecule has 0 amide bonds. The van der Waals surface area contributed by atoms with Crippen LogP contribution in [0.1, 0.15) is 37.7 Å². The van der Waals surface area contributed by atoms with Crippen LogP contribution in [0.4, 0.5) is 0 Å². The van der Waals surface area contributed by atoms with Crippen LogP contribution >= 0.6 is 0 Å². The molecule has 0 radical (unpaired) electrons. The third-order valence-corrected chi connectivity index (χ3v) is 9.12. The summed E-state index contributed by atoms with van der Waals surface area (Å²) in [4.78, 5) is 5.85. The van der Waals surface area contributed by atoms with E-state index >= 15 is 0 Å². The van der Waals surface area contributed by atoms with Gasteiger partial charge in [-0.15, -0.1) is 0 Å². The van der Waals surface area contributed by atoms with Gasteiger partial charge in [-0.05, 0) is 61.6 Å². The smallest absolute Gasteiger partial charge is 0.161 e. The van der Waals surface area contributed by atoms with E-state index in [0.717, 1.165) is 71.9 Å². The van der Waals surface area contributed by atoms with Crippen LogP contribution in [0.15, 0.2) is 60.7 Å². The zero-order chi connectivity index (χ0) is 31.0. The van der Waals surface area contributed by atoms with Gasteiger partial charge in [-0.3, -0.25) is 4.90 Å². The van der Waals surface area contributed by atoms with Gasteiger partial charge < -0.3 is 39.5 Å². The number of hydrogen-bond donors (Lipinski definition) is 4. The van der Waals surface area contributed by atoms with Crippen molar-refractivity contribution in [3.8, 4) is 17.2 Å². The minimum absolute atomic E-state index is 0.189. The first-order chi connectivity index (χ1) is 22.1. The molecule has 6 rings (SSSR count). The lowest BCUT2D eigenvalue weighted by molar-refractivity contribution is -0.0316. The number of ether oxygens (including phenoxy) is 4. The number of likely N-dealkylation sites (tertiary alicyclic amines) is 1. The van der Waals surface area contributed by atoms with Gasteiger partial charge in [0.15, 0.2) is 11.5 Å². The van der Waals surface area contributed by atoms with Gasteiger partial charge in [-0.25, -0.2) is 0 Å². The van der Waals surface area contributed by atoms with E-state index in [-0.39, 0.29) is 18.8 Å². The van der Waals surface area contributed by atoms with Crippen LogP contribution in [-0.2, 0) is 11.2 Å². The van der Waals surface area contributed by atoms with Crippen LogP contribution < -0.4 is 19.5 Å². The topological polar surface area (TPSA) is 108 Å².